The van der Waals surface area contributed by atoms with E-state index < -0.39 is 86.8 Å². The number of hydrogen-bond donors (Lipinski definition) is 9. The van der Waals surface area contributed by atoms with Crippen LogP contribution in [0.15, 0.2) is 60.8 Å². The van der Waals surface area contributed by atoms with Crippen LogP contribution in [0.25, 0.3) is 0 Å². The minimum atomic E-state index is -1.80. The first-order valence-electron chi connectivity index (χ1n) is 29.0. The first kappa shape index (κ1) is 66.8. The molecule has 2 aliphatic rings. The predicted molar refractivity (Wildman–Crippen MR) is 290 cm³/mol. The number of allylic oxidation sites excluding steroid dienone is 9. The van der Waals surface area contributed by atoms with Gasteiger partial charge >= 0.3 is 0 Å². The summed E-state index contributed by atoms with van der Waals surface area (Å²) in [5.41, 5.74) is 0. The number of amides is 1. The van der Waals surface area contributed by atoms with E-state index >= 15 is 0 Å². The van der Waals surface area contributed by atoms with E-state index in [2.05, 4.69) is 67.8 Å². The number of ether oxygens (including phenoxy) is 4. The van der Waals surface area contributed by atoms with E-state index in [4.69, 9.17) is 18.9 Å². The predicted octanol–water partition coefficient (Wildman–Crippen LogP) is 9.39. The molecule has 0 aliphatic carbocycles. The molecule has 14 heteroatoms. The molecule has 0 radical (unpaired) electrons. The van der Waals surface area contributed by atoms with E-state index in [0.29, 0.717) is 12.8 Å². The monoisotopic (exact) mass is 1040 g/mol. The van der Waals surface area contributed by atoms with Gasteiger partial charge in [-0.15, -0.1) is 0 Å². The summed E-state index contributed by atoms with van der Waals surface area (Å²) in [7, 11) is 0. The van der Waals surface area contributed by atoms with Gasteiger partial charge < -0.3 is 65.1 Å². The first-order chi connectivity index (χ1) is 35.6. The van der Waals surface area contributed by atoms with E-state index in [1.54, 1.807) is 6.08 Å². The van der Waals surface area contributed by atoms with Gasteiger partial charge in [0.2, 0.25) is 5.91 Å². The average Bonchev–Trinajstić information content (AvgIpc) is 3.39. The number of unbranched alkanes of at least 4 members (excludes halogenated alkanes) is 24. The standard InChI is InChI=1S/C59H105NO13/c1-3-5-7-9-11-13-15-17-18-19-20-21-22-23-24-25-26-27-28-29-31-32-34-36-38-40-42-48(63)47(60-51(64)43-41-39-37-35-33-30-16-14-12-10-8-6-4-2)46-70-58-56(69)54(67)57(50(45-62)72-58)73-59-55(68)53(66)52(65)49(44-61)71-59/h6,8,12,14,30,32-34,40,42,47-50,52-59,61-63,65-69H,3-5,7,9-11,13,15-29,31,35-39,41,43-46H2,1-2H3,(H,60,64)/b8-6-,14-12-,33-30-,34-32+,42-40+. The minimum absolute atomic E-state index is 0.236. The van der Waals surface area contributed by atoms with Gasteiger partial charge in [0.1, 0.15) is 48.8 Å². The molecule has 1 amide bonds. The Balaban J connectivity index is 1.77. The molecule has 0 aromatic rings. The number of aliphatic hydroxyl groups is 8. The molecule has 0 bridgehead atoms. The molecule has 12 unspecified atom stereocenters. The van der Waals surface area contributed by atoms with Crippen LogP contribution in [0.1, 0.15) is 213 Å². The lowest BCUT2D eigenvalue weighted by Gasteiger charge is -2.46. The normalized spacial score (nSPS) is 25.8. The molecule has 73 heavy (non-hydrogen) atoms. The minimum Gasteiger partial charge on any atom is -0.394 e. The fraction of sp³-hybridized carbons (Fsp3) is 0.814. The number of carbonyl (C=O) groups is 1. The zero-order chi connectivity index (χ0) is 53.2. The Labute approximate surface area is 441 Å². The fourth-order valence-corrected chi connectivity index (χ4v) is 9.26. The SMILES string of the molecule is CC/C=C\C/C=C\C/C=C\CCCCCC(=O)NC(COC1OC(CO)C(OC2OC(CO)C(O)C(O)C2O)C(O)C1O)C(O)/C=C/CC/C=C/CCCCCCCCCCCCCCCCCCCCCC. The Morgan fingerprint density at radius 3 is 1.51 bits per heavy atom. The highest BCUT2D eigenvalue weighted by Gasteiger charge is 2.51. The third-order valence-electron chi connectivity index (χ3n) is 13.9. The van der Waals surface area contributed by atoms with Crippen molar-refractivity contribution in [3.05, 3.63) is 60.8 Å². The van der Waals surface area contributed by atoms with Gasteiger partial charge in [-0.1, -0.05) is 203 Å². The van der Waals surface area contributed by atoms with Crippen LogP contribution in [-0.4, -0.2) is 140 Å². The van der Waals surface area contributed by atoms with Crippen molar-refractivity contribution in [2.75, 3.05) is 19.8 Å². The Bertz CT molecular complexity index is 1450. The zero-order valence-electron chi connectivity index (χ0n) is 45.4. The highest BCUT2D eigenvalue weighted by Crippen LogP contribution is 2.30. The van der Waals surface area contributed by atoms with Crippen molar-refractivity contribution in [3.63, 3.8) is 0 Å². The third-order valence-corrected chi connectivity index (χ3v) is 13.9. The summed E-state index contributed by atoms with van der Waals surface area (Å²) in [6, 6.07) is -0.949. The quantitative estimate of drug-likeness (QED) is 0.0205. The average molecular weight is 1040 g/mol. The Morgan fingerprint density at radius 1 is 0.507 bits per heavy atom. The van der Waals surface area contributed by atoms with Crippen molar-refractivity contribution in [2.45, 2.75) is 286 Å². The Morgan fingerprint density at radius 2 is 0.959 bits per heavy atom. The van der Waals surface area contributed by atoms with E-state index in [0.717, 1.165) is 51.4 Å². The number of rotatable bonds is 45. The van der Waals surface area contributed by atoms with Crippen LogP contribution < -0.4 is 5.32 Å². The van der Waals surface area contributed by atoms with E-state index in [9.17, 15) is 45.6 Å². The van der Waals surface area contributed by atoms with Gasteiger partial charge in [0, 0.05) is 6.42 Å². The second kappa shape index (κ2) is 44.8. The van der Waals surface area contributed by atoms with E-state index in [1.165, 1.54) is 128 Å². The zero-order valence-corrected chi connectivity index (χ0v) is 45.4. The van der Waals surface area contributed by atoms with Crippen molar-refractivity contribution < 1.29 is 64.6 Å². The Hall–Kier alpha value is -2.31. The summed E-state index contributed by atoms with van der Waals surface area (Å²) < 4.78 is 22.7. The molecular weight excluding hydrogens is 931 g/mol. The van der Waals surface area contributed by atoms with Gasteiger partial charge in [0.05, 0.1) is 32.0 Å². The van der Waals surface area contributed by atoms with Gasteiger partial charge in [-0.05, 0) is 64.2 Å². The molecule has 2 fully saturated rings. The van der Waals surface area contributed by atoms with Gasteiger partial charge in [-0.2, -0.15) is 0 Å². The van der Waals surface area contributed by atoms with E-state index in [1.807, 2.05) is 6.08 Å². The van der Waals surface area contributed by atoms with Crippen molar-refractivity contribution in [3.8, 4) is 0 Å². The molecule has 14 nitrogen and oxygen atoms in total. The Kier molecular flexibility index (Phi) is 41.0. The fourth-order valence-electron chi connectivity index (χ4n) is 9.26. The van der Waals surface area contributed by atoms with Crippen LogP contribution in [0.3, 0.4) is 0 Å². The molecule has 9 N–H and O–H groups in total. The van der Waals surface area contributed by atoms with Gasteiger partial charge in [-0.25, -0.2) is 0 Å². The number of nitrogens with one attached hydrogen (secondary N) is 1. The van der Waals surface area contributed by atoms with Crippen molar-refractivity contribution in [2.24, 2.45) is 0 Å². The van der Waals surface area contributed by atoms with Crippen molar-refractivity contribution >= 4 is 5.91 Å². The maximum atomic E-state index is 13.2. The highest BCUT2D eigenvalue weighted by molar-refractivity contribution is 5.76. The lowest BCUT2D eigenvalue weighted by molar-refractivity contribution is -0.359. The second-order valence-corrected chi connectivity index (χ2v) is 20.4. The molecule has 2 aliphatic heterocycles. The molecule has 424 valence electrons. The summed E-state index contributed by atoms with van der Waals surface area (Å²) >= 11 is 0. The third kappa shape index (κ3) is 30.9. The van der Waals surface area contributed by atoms with Crippen molar-refractivity contribution in [1.82, 2.24) is 5.32 Å². The molecule has 2 saturated heterocycles. The van der Waals surface area contributed by atoms with Crippen LogP contribution in [0.5, 0.6) is 0 Å². The molecule has 0 aromatic carbocycles. The van der Waals surface area contributed by atoms with E-state index in [-0.39, 0.29) is 18.9 Å². The molecule has 2 heterocycles. The summed E-state index contributed by atoms with van der Waals surface area (Å²) in [6.45, 7) is 2.64. The lowest BCUT2D eigenvalue weighted by Crippen LogP contribution is -2.65. The number of aliphatic hydroxyl groups excluding tert-OH is 8. The molecular formula is C59H105NO13. The maximum Gasteiger partial charge on any atom is 0.220 e. The number of carbonyl (C=O) groups excluding carboxylic acids is 1. The maximum absolute atomic E-state index is 13.2. The van der Waals surface area contributed by atoms with Crippen molar-refractivity contribution in [1.29, 1.82) is 0 Å². The van der Waals surface area contributed by atoms with Crippen LogP contribution in [0, 0.1) is 0 Å². The summed E-state index contributed by atoms with van der Waals surface area (Å²) in [5.74, 6) is -0.279. The smallest absolute Gasteiger partial charge is 0.220 e. The molecule has 12 atom stereocenters. The van der Waals surface area contributed by atoms with Crippen LogP contribution in [-0.2, 0) is 23.7 Å². The number of hydrogen-bond acceptors (Lipinski definition) is 13. The van der Waals surface area contributed by atoms with Gasteiger partial charge in [-0.3, -0.25) is 4.79 Å². The molecule has 0 aromatic heterocycles. The molecule has 2 rings (SSSR count). The van der Waals surface area contributed by atoms with Gasteiger partial charge in [0.15, 0.2) is 12.6 Å². The topological polar surface area (TPSA) is 228 Å². The lowest BCUT2D eigenvalue weighted by atomic mass is 9.97. The van der Waals surface area contributed by atoms with Gasteiger partial charge in [0.25, 0.3) is 0 Å². The first-order valence-corrected chi connectivity index (χ1v) is 29.0. The summed E-state index contributed by atoms with van der Waals surface area (Å²) in [6.07, 6.45) is 40.0. The van der Waals surface area contributed by atoms with Crippen LogP contribution in [0.2, 0.25) is 0 Å². The molecule has 0 saturated carbocycles. The van der Waals surface area contributed by atoms with Crippen LogP contribution >= 0.6 is 0 Å². The van der Waals surface area contributed by atoms with Crippen LogP contribution in [0.4, 0.5) is 0 Å². The molecule has 0 spiro atoms. The summed E-state index contributed by atoms with van der Waals surface area (Å²) in [5, 5.41) is 86.9. The summed E-state index contributed by atoms with van der Waals surface area (Å²) in [4.78, 5) is 13.2. The highest BCUT2D eigenvalue weighted by atomic mass is 16.7. The largest absolute Gasteiger partial charge is 0.394 e. The second-order valence-electron chi connectivity index (χ2n) is 20.4.